The molecule has 0 aromatic rings. The van der Waals surface area contributed by atoms with Crippen molar-refractivity contribution < 1.29 is 12.6 Å². The summed E-state index contributed by atoms with van der Waals surface area (Å²) in [6, 6.07) is 0. The lowest BCUT2D eigenvalue weighted by Gasteiger charge is -2.06. The Labute approximate surface area is 100 Å². The van der Waals surface area contributed by atoms with E-state index in [-0.39, 0.29) is 0 Å². The maximum Gasteiger partial charge on any atom is 0.264 e. The Bertz CT molecular complexity index is 258. The van der Waals surface area contributed by atoms with Crippen molar-refractivity contribution in [2.24, 2.45) is 0 Å². The second kappa shape index (κ2) is 7.04. The van der Waals surface area contributed by atoms with Gasteiger partial charge in [-0.05, 0) is 19.3 Å². The number of hydrogen-bond donors (Lipinski definition) is 0. The molecule has 0 amide bonds. The smallest absolute Gasteiger partial charge is 0.264 e. The van der Waals surface area contributed by atoms with E-state index in [0.717, 1.165) is 24.3 Å². The molecule has 0 aromatic heterocycles. The maximum atomic E-state index is 10.6. The minimum atomic E-state index is -3.23. The first-order valence-corrected chi connectivity index (χ1v) is 9.40. The molecular formula is C9H18O3S3. The number of hydrogen-bond acceptors (Lipinski definition) is 5. The van der Waals surface area contributed by atoms with Gasteiger partial charge < -0.3 is 0 Å². The predicted molar refractivity (Wildman–Crippen MR) is 67.7 cm³/mol. The van der Waals surface area contributed by atoms with Gasteiger partial charge in [-0.2, -0.15) is 8.42 Å². The van der Waals surface area contributed by atoms with Crippen molar-refractivity contribution in [3.63, 3.8) is 0 Å². The molecule has 1 aliphatic heterocycles. The third-order valence-electron chi connectivity index (χ3n) is 2.20. The van der Waals surface area contributed by atoms with Crippen molar-refractivity contribution in [2.45, 2.75) is 37.4 Å². The first-order chi connectivity index (χ1) is 7.08. The molecule has 1 rings (SSSR count). The van der Waals surface area contributed by atoms with Crippen LogP contribution in [0.2, 0.25) is 0 Å². The molecule has 0 aliphatic carbocycles. The summed E-state index contributed by atoms with van der Waals surface area (Å²) in [7, 11) is 0.732. The molecule has 1 fully saturated rings. The lowest BCUT2D eigenvalue weighted by atomic mass is 10.1. The first-order valence-electron chi connectivity index (χ1n) is 5.20. The molecule has 0 radical (unpaired) electrons. The largest absolute Gasteiger partial charge is 0.270 e. The van der Waals surface area contributed by atoms with Crippen LogP contribution < -0.4 is 0 Å². The minimum absolute atomic E-state index is 0.339. The van der Waals surface area contributed by atoms with Crippen LogP contribution in [0.25, 0.3) is 0 Å². The summed E-state index contributed by atoms with van der Waals surface area (Å²) in [4.78, 5) is 0. The van der Waals surface area contributed by atoms with Gasteiger partial charge in [0.15, 0.2) is 0 Å². The highest BCUT2D eigenvalue weighted by Crippen LogP contribution is 2.39. The van der Waals surface area contributed by atoms with Gasteiger partial charge in [0.2, 0.25) is 0 Å². The van der Waals surface area contributed by atoms with Crippen molar-refractivity contribution >= 4 is 31.7 Å². The van der Waals surface area contributed by atoms with Crippen LogP contribution >= 0.6 is 21.6 Å². The third kappa shape index (κ3) is 7.49. The van der Waals surface area contributed by atoms with E-state index in [2.05, 4.69) is 4.18 Å². The lowest BCUT2D eigenvalue weighted by molar-refractivity contribution is 0.310. The Morgan fingerprint density at radius 2 is 2.13 bits per heavy atom. The van der Waals surface area contributed by atoms with Crippen molar-refractivity contribution in [3.05, 3.63) is 0 Å². The molecule has 0 bridgehead atoms. The SMILES string of the molecule is CS(=O)(=O)OCCCCCC1CCSS1. The zero-order valence-electron chi connectivity index (χ0n) is 8.98. The minimum Gasteiger partial charge on any atom is -0.270 e. The zero-order chi connectivity index (χ0) is 11.1. The Hall–Kier alpha value is 0.610. The molecule has 3 nitrogen and oxygen atoms in total. The van der Waals surface area contributed by atoms with E-state index < -0.39 is 10.1 Å². The molecule has 15 heavy (non-hydrogen) atoms. The van der Waals surface area contributed by atoms with Crippen molar-refractivity contribution in [2.75, 3.05) is 18.6 Å². The molecule has 0 aromatic carbocycles. The molecule has 1 heterocycles. The number of unbranched alkanes of at least 4 members (excludes halogenated alkanes) is 2. The number of rotatable bonds is 7. The monoisotopic (exact) mass is 270 g/mol. The van der Waals surface area contributed by atoms with Crippen LogP contribution in [0.1, 0.15) is 32.1 Å². The Balaban J connectivity index is 1.89. The highest BCUT2D eigenvalue weighted by molar-refractivity contribution is 8.77. The fourth-order valence-corrected chi connectivity index (χ4v) is 4.87. The van der Waals surface area contributed by atoms with Crippen molar-refractivity contribution in [3.8, 4) is 0 Å². The summed E-state index contributed by atoms with van der Waals surface area (Å²) >= 11 is 0. The van der Waals surface area contributed by atoms with Gasteiger partial charge in [0.25, 0.3) is 10.1 Å². The lowest BCUT2D eigenvalue weighted by Crippen LogP contribution is -2.04. The normalized spacial score (nSPS) is 22.1. The first kappa shape index (κ1) is 13.7. The van der Waals surface area contributed by atoms with Crippen LogP contribution in [-0.4, -0.2) is 32.3 Å². The topological polar surface area (TPSA) is 43.4 Å². The molecule has 1 saturated heterocycles. The van der Waals surface area contributed by atoms with Gasteiger partial charge in [-0.3, -0.25) is 4.18 Å². The van der Waals surface area contributed by atoms with E-state index in [0.29, 0.717) is 6.61 Å². The summed E-state index contributed by atoms with van der Waals surface area (Å²) in [5, 5.41) is 0.825. The maximum absolute atomic E-state index is 10.6. The Kier molecular flexibility index (Phi) is 6.42. The van der Waals surface area contributed by atoms with Crippen molar-refractivity contribution in [1.82, 2.24) is 0 Å². The Morgan fingerprint density at radius 3 is 2.73 bits per heavy atom. The predicted octanol–water partition coefficient (Wildman–Crippen LogP) is 2.68. The quantitative estimate of drug-likeness (QED) is 0.404. The van der Waals surface area contributed by atoms with E-state index in [1.54, 1.807) is 0 Å². The Morgan fingerprint density at radius 1 is 1.33 bits per heavy atom. The zero-order valence-corrected chi connectivity index (χ0v) is 11.4. The van der Waals surface area contributed by atoms with E-state index in [1.807, 2.05) is 21.6 Å². The average molecular weight is 270 g/mol. The second-order valence-electron chi connectivity index (χ2n) is 3.70. The van der Waals surface area contributed by atoms with Crippen LogP contribution in [0.4, 0.5) is 0 Å². The van der Waals surface area contributed by atoms with Crippen LogP contribution in [0.3, 0.4) is 0 Å². The molecular weight excluding hydrogens is 252 g/mol. The highest BCUT2D eigenvalue weighted by atomic mass is 33.1. The van der Waals surface area contributed by atoms with E-state index in [1.165, 1.54) is 25.0 Å². The van der Waals surface area contributed by atoms with Crippen LogP contribution in [0, 0.1) is 0 Å². The summed E-state index contributed by atoms with van der Waals surface area (Å²) in [6.45, 7) is 0.339. The van der Waals surface area contributed by atoms with E-state index in [9.17, 15) is 8.42 Å². The van der Waals surface area contributed by atoms with Gasteiger partial charge in [-0.1, -0.05) is 34.4 Å². The second-order valence-corrected chi connectivity index (χ2v) is 8.14. The summed E-state index contributed by atoms with van der Waals surface area (Å²) in [5.74, 6) is 1.28. The van der Waals surface area contributed by atoms with Gasteiger partial charge in [-0.25, -0.2) is 0 Å². The van der Waals surface area contributed by atoms with E-state index in [4.69, 9.17) is 0 Å². The summed E-state index contributed by atoms with van der Waals surface area (Å²) < 4.78 is 26.0. The van der Waals surface area contributed by atoms with Crippen LogP contribution in [0.15, 0.2) is 0 Å². The van der Waals surface area contributed by atoms with Gasteiger partial charge in [0, 0.05) is 11.0 Å². The van der Waals surface area contributed by atoms with Crippen LogP contribution in [0.5, 0.6) is 0 Å². The molecule has 90 valence electrons. The third-order valence-corrected chi connectivity index (χ3v) is 5.80. The van der Waals surface area contributed by atoms with E-state index >= 15 is 0 Å². The molecule has 0 N–H and O–H groups in total. The fraction of sp³-hybridized carbons (Fsp3) is 1.00. The van der Waals surface area contributed by atoms with Gasteiger partial charge in [0.05, 0.1) is 12.9 Å². The molecule has 6 heteroatoms. The average Bonchev–Trinajstić information content (AvgIpc) is 2.61. The van der Waals surface area contributed by atoms with Gasteiger partial charge in [-0.15, -0.1) is 0 Å². The fourth-order valence-electron chi connectivity index (χ4n) is 1.43. The molecule has 0 saturated carbocycles. The van der Waals surface area contributed by atoms with Gasteiger partial charge in [0.1, 0.15) is 0 Å². The molecule has 1 unspecified atom stereocenters. The summed E-state index contributed by atoms with van der Waals surface area (Å²) in [5.41, 5.74) is 0. The summed E-state index contributed by atoms with van der Waals surface area (Å²) in [6.07, 6.45) is 6.78. The molecule has 1 atom stereocenters. The van der Waals surface area contributed by atoms with Gasteiger partial charge >= 0.3 is 0 Å². The molecule has 1 aliphatic rings. The van der Waals surface area contributed by atoms with Crippen LogP contribution in [-0.2, 0) is 14.3 Å². The highest BCUT2D eigenvalue weighted by Gasteiger charge is 2.15. The standard InChI is InChI=1S/C9H18O3S3/c1-15(10,11)12-7-4-2-3-5-9-6-8-13-14-9/h9H,2-8H2,1H3. The van der Waals surface area contributed by atoms with Crippen molar-refractivity contribution in [1.29, 1.82) is 0 Å². The molecule has 0 spiro atoms.